The zero-order valence-electron chi connectivity index (χ0n) is 35.0. The third-order valence-electron chi connectivity index (χ3n) is 10.3. The average molecular weight is 793 g/mol. The van der Waals surface area contributed by atoms with Crippen LogP contribution in [0.1, 0.15) is 126 Å². The van der Waals surface area contributed by atoms with E-state index in [0.29, 0.717) is 25.7 Å². The maximum absolute atomic E-state index is 13.7. The smallest absolute Gasteiger partial charge is 0.243 e. The molecule has 0 aromatic heterocycles. The van der Waals surface area contributed by atoms with Crippen LogP contribution in [0.4, 0.5) is 0 Å². The van der Waals surface area contributed by atoms with Gasteiger partial charge in [0.05, 0.1) is 6.54 Å². The molecule has 1 rings (SSSR count). The van der Waals surface area contributed by atoms with Gasteiger partial charge in [0.15, 0.2) is 5.96 Å². The Morgan fingerprint density at radius 3 is 1.62 bits per heavy atom. The van der Waals surface area contributed by atoms with Gasteiger partial charge in [-0.25, -0.2) is 0 Å². The number of amides is 7. The number of nitrogens with one attached hydrogen (secondary N) is 6. The quantitative estimate of drug-likeness (QED) is 0.0359. The van der Waals surface area contributed by atoms with Crippen LogP contribution < -0.4 is 49.1 Å². The maximum Gasteiger partial charge on any atom is 0.243 e. The van der Waals surface area contributed by atoms with E-state index in [0.717, 1.165) is 32.1 Å². The molecule has 0 aliphatic heterocycles. The van der Waals surface area contributed by atoms with Crippen LogP contribution in [-0.2, 0) is 33.6 Å². The Morgan fingerprint density at radius 2 is 1.12 bits per heavy atom. The van der Waals surface area contributed by atoms with Crippen LogP contribution in [0.2, 0.25) is 0 Å². The van der Waals surface area contributed by atoms with Crippen molar-refractivity contribution in [3.05, 3.63) is 0 Å². The van der Waals surface area contributed by atoms with Gasteiger partial charge >= 0.3 is 0 Å². The van der Waals surface area contributed by atoms with Crippen molar-refractivity contribution in [3.63, 3.8) is 0 Å². The lowest BCUT2D eigenvalue weighted by Crippen LogP contribution is -2.59. The Morgan fingerprint density at radius 1 is 0.625 bits per heavy atom. The van der Waals surface area contributed by atoms with Crippen LogP contribution in [0.5, 0.6) is 0 Å². The fourth-order valence-corrected chi connectivity index (χ4v) is 6.57. The predicted octanol–water partition coefficient (Wildman–Crippen LogP) is 0.830. The number of rotatable bonds is 25. The summed E-state index contributed by atoms with van der Waals surface area (Å²) in [6.45, 7) is 14.6. The lowest BCUT2D eigenvalue weighted by atomic mass is 9.88. The molecule has 0 spiro atoms. The number of primary amides is 1. The molecule has 0 radical (unpaired) electrons. The van der Waals surface area contributed by atoms with Crippen molar-refractivity contribution < 1.29 is 33.6 Å². The first kappa shape index (κ1) is 49.6. The number of hydrogen-bond donors (Lipinski definition) is 9. The standard InChI is InChI=1S/C39H72N10O7/c1-9-24(7)31(33(40)51)48-36(54)29(20-23(5)6)47-35(53)27(17-14-18-43-39(41)42)45-30(50)21-44-38(56)32(25(8)10-2)49-37(55)28(19-22(3)4)46-34(52)26-15-12-11-13-16-26/h22-29,31-32H,9-21H2,1-8H3,(H2,40,51)(H,44,56)(H,45,50)(H,46,52)(H,47,53)(H,48,54)(H,49,55)(H4,41,42,43)/t24-,25-,27-,28-,29-,31-,32-/m0/s1. The van der Waals surface area contributed by atoms with E-state index in [2.05, 4.69) is 36.9 Å². The fourth-order valence-electron chi connectivity index (χ4n) is 6.57. The number of hydrogen-bond acceptors (Lipinski definition) is 8. The Hall–Kier alpha value is -4.44. The highest BCUT2D eigenvalue weighted by atomic mass is 16.2. The Kier molecular flexibility index (Phi) is 22.7. The molecule has 17 nitrogen and oxygen atoms in total. The van der Waals surface area contributed by atoms with Crippen molar-refractivity contribution in [3.8, 4) is 0 Å². The Balaban J connectivity index is 3.12. The number of nitrogens with two attached hydrogens (primary N) is 3. The summed E-state index contributed by atoms with van der Waals surface area (Å²) in [6.07, 6.45) is 6.71. The van der Waals surface area contributed by atoms with Gasteiger partial charge in [0, 0.05) is 12.5 Å². The van der Waals surface area contributed by atoms with Crippen LogP contribution >= 0.6 is 0 Å². The van der Waals surface area contributed by atoms with E-state index in [4.69, 9.17) is 17.2 Å². The fraction of sp³-hybridized carbons (Fsp3) is 0.795. The molecule has 0 aromatic rings. The van der Waals surface area contributed by atoms with Crippen LogP contribution in [0.25, 0.3) is 0 Å². The van der Waals surface area contributed by atoms with Crippen molar-refractivity contribution in [2.75, 3.05) is 13.1 Å². The molecule has 0 unspecified atom stereocenters. The molecule has 12 N–H and O–H groups in total. The second-order valence-electron chi connectivity index (χ2n) is 16.1. The summed E-state index contributed by atoms with van der Waals surface area (Å²) in [5, 5.41) is 16.4. The molecule has 0 bridgehead atoms. The molecule has 17 heteroatoms. The number of guanidine groups is 1. The molecule has 0 aromatic carbocycles. The van der Waals surface area contributed by atoms with Crippen molar-refractivity contribution in [2.24, 2.45) is 51.8 Å². The molecule has 1 fully saturated rings. The van der Waals surface area contributed by atoms with Crippen LogP contribution in [0.15, 0.2) is 4.99 Å². The zero-order chi connectivity index (χ0) is 42.5. The SMILES string of the molecule is CC[C@H](C)[C@H](NC(=O)[C@H](CC(C)C)NC(=O)[C@H](CCCN=C(N)N)NC(=O)CNC(=O)[C@@H](NC(=O)[C@H](CC(C)C)NC(=O)C1CCCCC1)[C@@H](C)CC)C(N)=O. The molecule has 1 aliphatic rings. The highest BCUT2D eigenvalue weighted by Gasteiger charge is 2.34. The van der Waals surface area contributed by atoms with E-state index in [1.807, 2.05) is 41.5 Å². The summed E-state index contributed by atoms with van der Waals surface area (Å²) in [7, 11) is 0. The molecular weight excluding hydrogens is 720 g/mol. The summed E-state index contributed by atoms with van der Waals surface area (Å²) in [5.41, 5.74) is 16.5. The molecule has 1 aliphatic carbocycles. The molecule has 1 saturated carbocycles. The highest BCUT2D eigenvalue weighted by molar-refractivity contribution is 5.96. The predicted molar refractivity (Wildman–Crippen MR) is 216 cm³/mol. The van der Waals surface area contributed by atoms with Gasteiger partial charge in [-0.15, -0.1) is 0 Å². The minimum atomic E-state index is -1.15. The van der Waals surface area contributed by atoms with Gasteiger partial charge in [0.2, 0.25) is 41.4 Å². The van der Waals surface area contributed by atoms with Crippen molar-refractivity contribution in [1.29, 1.82) is 0 Å². The first-order valence-electron chi connectivity index (χ1n) is 20.4. The van der Waals surface area contributed by atoms with E-state index in [1.165, 1.54) is 0 Å². The number of aliphatic imine (C=N–C) groups is 1. The van der Waals surface area contributed by atoms with E-state index >= 15 is 0 Å². The van der Waals surface area contributed by atoms with E-state index in [9.17, 15) is 33.6 Å². The number of carbonyl (C=O) groups excluding carboxylic acids is 7. The summed E-state index contributed by atoms with van der Waals surface area (Å²) in [4.78, 5) is 96.6. The largest absolute Gasteiger partial charge is 0.370 e. The second-order valence-corrected chi connectivity index (χ2v) is 16.1. The summed E-state index contributed by atoms with van der Waals surface area (Å²) >= 11 is 0. The molecule has 0 heterocycles. The normalized spacial score (nSPS) is 16.9. The van der Waals surface area contributed by atoms with E-state index in [-0.39, 0.29) is 60.8 Å². The Bertz CT molecular complexity index is 1330. The third kappa shape index (κ3) is 18.5. The number of carbonyl (C=O) groups is 7. The molecule has 56 heavy (non-hydrogen) atoms. The van der Waals surface area contributed by atoms with Gasteiger partial charge in [0.1, 0.15) is 30.2 Å². The van der Waals surface area contributed by atoms with Gasteiger partial charge in [-0.3, -0.25) is 38.6 Å². The van der Waals surface area contributed by atoms with Crippen LogP contribution in [-0.4, -0.2) is 90.6 Å². The van der Waals surface area contributed by atoms with Crippen LogP contribution in [0, 0.1) is 29.6 Å². The summed E-state index contributed by atoms with van der Waals surface area (Å²) in [6, 6.07) is -4.97. The summed E-state index contributed by atoms with van der Waals surface area (Å²) in [5.74, 6) is -4.64. The number of nitrogens with zero attached hydrogens (tertiary/aromatic N) is 1. The van der Waals surface area contributed by atoms with Crippen LogP contribution in [0.3, 0.4) is 0 Å². The Labute approximate surface area is 333 Å². The van der Waals surface area contributed by atoms with Gasteiger partial charge in [-0.2, -0.15) is 0 Å². The minimum absolute atomic E-state index is 0.0282. The van der Waals surface area contributed by atoms with Gasteiger partial charge in [-0.05, 0) is 62.2 Å². The van der Waals surface area contributed by atoms with Crippen molar-refractivity contribution in [1.82, 2.24) is 31.9 Å². The van der Waals surface area contributed by atoms with E-state index < -0.39 is 72.2 Å². The molecule has 7 amide bonds. The minimum Gasteiger partial charge on any atom is -0.370 e. The first-order valence-corrected chi connectivity index (χ1v) is 20.4. The average Bonchev–Trinajstić information content (AvgIpc) is 3.14. The highest BCUT2D eigenvalue weighted by Crippen LogP contribution is 2.24. The van der Waals surface area contributed by atoms with Gasteiger partial charge < -0.3 is 49.1 Å². The lowest BCUT2D eigenvalue weighted by Gasteiger charge is -2.29. The second kappa shape index (κ2) is 25.7. The molecular formula is C39H72N10O7. The van der Waals surface area contributed by atoms with E-state index in [1.54, 1.807) is 13.8 Å². The van der Waals surface area contributed by atoms with Gasteiger partial charge in [0.25, 0.3) is 0 Å². The van der Waals surface area contributed by atoms with Gasteiger partial charge in [-0.1, -0.05) is 87.5 Å². The third-order valence-corrected chi connectivity index (χ3v) is 10.3. The topological polar surface area (TPSA) is 282 Å². The van der Waals surface area contributed by atoms with Crippen molar-refractivity contribution >= 4 is 47.3 Å². The first-order chi connectivity index (χ1) is 26.3. The molecule has 7 atom stereocenters. The molecule has 320 valence electrons. The maximum atomic E-state index is 13.7. The lowest BCUT2D eigenvalue weighted by molar-refractivity contribution is -0.135. The zero-order valence-corrected chi connectivity index (χ0v) is 35.0. The summed E-state index contributed by atoms with van der Waals surface area (Å²) < 4.78 is 0. The molecule has 0 saturated heterocycles. The van der Waals surface area contributed by atoms with Crippen molar-refractivity contribution in [2.45, 2.75) is 156 Å². The monoisotopic (exact) mass is 793 g/mol.